The number of hydrogen-bond acceptors (Lipinski definition) is 2. The van der Waals surface area contributed by atoms with Gasteiger partial charge in [0.05, 0.1) is 0 Å². The van der Waals surface area contributed by atoms with Crippen LogP contribution in [0.1, 0.15) is 25.7 Å². The quantitative estimate of drug-likeness (QED) is 0.448. The van der Waals surface area contributed by atoms with E-state index < -0.39 is 0 Å². The van der Waals surface area contributed by atoms with E-state index in [1.54, 1.807) is 0 Å². The van der Waals surface area contributed by atoms with E-state index in [-0.39, 0.29) is 11.8 Å². The third kappa shape index (κ3) is 12.0. The van der Waals surface area contributed by atoms with Gasteiger partial charge in [-0.15, -0.1) is 0 Å². The van der Waals surface area contributed by atoms with E-state index in [4.69, 9.17) is 11.5 Å². The Hall–Kier alpha value is -0.0210. The van der Waals surface area contributed by atoms with Crippen molar-refractivity contribution in [3.8, 4) is 0 Å². The third-order valence-corrected chi connectivity index (χ3v) is 9.10. The molecule has 0 spiro atoms. The Balaban J connectivity index is 2.99. The van der Waals surface area contributed by atoms with Gasteiger partial charge in [0.25, 0.3) is 0 Å². The van der Waals surface area contributed by atoms with Crippen molar-refractivity contribution in [2.45, 2.75) is 36.3 Å². The normalized spacial score (nSPS) is 10.0. The van der Waals surface area contributed by atoms with Gasteiger partial charge < -0.3 is 0 Å². The van der Waals surface area contributed by atoms with Crippen molar-refractivity contribution in [2.24, 2.45) is 11.5 Å². The van der Waals surface area contributed by atoms with Crippen molar-refractivity contribution in [2.75, 3.05) is 0 Å². The zero-order valence-electron chi connectivity index (χ0n) is 8.03. The zero-order chi connectivity index (χ0) is 10.8. The van der Waals surface area contributed by atoms with Gasteiger partial charge in [-0.1, -0.05) is 0 Å². The number of carbonyl (C=O) groups is 2. The molecule has 0 aliphatic rings. The summed E-state index contributed by atoms with van der Waals surface area (Å²) in [6, 6.07) is 0. The molecule has 0 fully saturated rings. The Morgan fingerprint density at radius 1 is 0.857 bits per heavy atom. The molecule has 0 aromatic carbocycles. The fourth-order valence-corrected chi connectivity index (χ4v) is 7.46. The summed E-state index contributed by atoms with van der Waals surface area (Å²) in [6.45, 7) is 0. The maximum atomic E-state index is 10.4. The van der Waals surface area contributed by atoms with E-state index in [1.807, 2.05) is 0 Å². The second-order valence-corrected chi connectivity index (χ2v) is 10.6. The van der Waals surface area contributed by atoms with E-state index in [9.17, 15) is 9.59 Å². The second-order valence-electron chi connectivity index (χ2n) is 2.78. The van der Waals surface area contributed by atoms with Crippen LogP contribution in [0.5, 0.6) is 0 Å². The molecule has 82 valence electrons. The van der Waals surface area contributed by atoms with E-state index in [0.717, 1.165) is 23.5 Å². The summed E-state index contributed by atoms with van der Waals surface area (Å²) >= 11 is 1.31. The maximum absolute atomic E-state index is 10.4. The number of carbonyl (C=O) groups excluding carboxylic acids is 2. The summed E-state index contributed by atoms with van der Waals surface area (Å²) in [5.74, 6) is -0.413. The molecule has 4 nitrogen and oxygen atoms in total. The number of rotatable bonds is 9. The number of hydrogen-bond donors (Lipinski definition) is 2. The van der Waals surface area contributed by atoms with Gasteiger partial charge in [0.2, 0.25) is 0 Å². The average Bonchev–Trinajstić information content (AvgIpc) is 2.08. The molecular weight excluding hydrogens is 314 g/mol. The molecule has 6 heteroatoms. The number of primary amides is 2. The molecule has 0 aliphatic heterocycles. The van der Waals surface area contributed by atoms with Crippen molar-refractivity contribution in [1.82, 2.24) is 0 Å². The van der Waals surface area contributed by atoms with Crippen LogP contribution in [0.3, 0.4) is 0 Å². The van der Waals surface area contributed by atoms with Crippen molar-refractivity contribution < 1.29 is 9.59 Å². The number of amides is 2. The van der Waals surface area contributed by atoms with Crippen LogP contribution < -0.4 is 11.5 Å². The predicted molar refractivity (Wildman–Crippen MR) is 58.0 cm³/mol. The number of nitrogens with two attached hydrogens (primary N) is 2. The Kier molecular flexibility index (Phi) is 9.52. The van der Waals surface area contributed by atoms with Gasteiger partial charge in [-0.3, -0.25) is 0 Å². The summed E-state index contributed by atoms with van der Waals surface area (Å²) in [7, 11) is 0. The van der Waals surface area contributed by atoms with Crippen LogP contribution in [-0.2, 0) is 9.59 Å². The summed E-state index contributed by atoms with van der Waals surface area (Å²) in [5, 5.41) is 2.26. The third-order valence-electron chi connectivity index (χ3n) is 1.39. The van der Waals surface area contributed by atoms with Crippen LogP contribution in [-0.4, -0.2) is 38.1 Å². The SMILES string of the molecule is NC(=O)CCC[Se][Se]CCCC(N)=O. The minimum absolute atomic E-state index is 0.206. The standard InChI is InChI=1S/C8H16N2O2Se2/c9-7(11)3-1-5-13-14-6-2-4-8(10)12/h1-6H2,(H2,9,11)(H2,10,12). The van der Waals surface area contributed by atoms with Gasteiger partial charge in [0.15, 0.2) is 0 Å². The molecule has 0 radical (unpaired) electrons. The second kappa shape index (κ2) is 9.53. The monoisotopic (exact) mass is 332 g/mol. The molecule has 0 aromatic rings. The first-order chi connectivity index (χ1) is 6.63. The first-order valence-electron chi connectivity index (χ1n) is 4.44. The summed E-state index contributed by atoms with van der Waals surface area (Å²) in [6.07, 6.45) is 2.87. The first kappa shape index (κ1) is 14.0. The van der Waals surface area contributed by atoms with Crippen LogP contribution in [0, 0.1) is 0 Å². The molecule has 0 atom stereocenters. The topological polar surface area (TPSA) is 86.2 Å². The van der Waals surface area contributed by atoms with Gasteiger partial charge in [-0.2, -0.15) is 0 Å². The van der Waals surface area contributed by atoms with Gasteiger partial charge in [-0.05, 0) is 0 Å². The van der Waals surface area contributed by atoms with Crippen LogP contribution in [0.25, 0.3) is 0 Å². The molecule has 0 bridgehead atoms. The molecule has 0 saturated heterocycles. The molecule has 0 saturated carbocycles. The summed E-state index contributed by atoms with van der Waals surface area (Å²) in [4.78, 5) is 20.8. The van der Waals surface area contributed by atoms with Gasteiger partial charge in [-0.25, -0.2) is 0 Å². The average molecular weight is 330 g/mol. The van der Waals surface area contributed by atoms with Crippen LogP contribution in [0.15, 0.2) is 0 Å². The predicted octanol–water partition coefficient (Wildman–Crippen LogP) is -0.323. The van der Waals surface area contributed by atoms with E-state index in [1.165, 1.54) is 0 Å². The van der Waals surface area contributed by atoms with Gasteiger partial charge >= 0.3 is 95.5 Å². The molecule has 14 heavy (non-hydrogen) atoms. The Bertz CT molecular complexity index is 168. The van der Waals surface area contributed by atoms with Crippen LogP contribution in [0.2, 0.25) is 10.6 Å². The first-order valence-corrected chi connectivity index (χ1v) is 11.2. The van der Waals surface area contributed by atoms with Crippen molar-refractivity contribution in [3.05, 3.63) is 0 Å². The molecule has 0 unspecified atom stereocenters. The molecular formula is C8H16N2O2Se2. The zero-order valence-corrected chi connectivity index (χ0v) is 11.5. The molecule has 0 rings (SSSR count). The Morgan fingerprint density at radius 2 is 1.21 bits per heavy atom. The van der Waals surface area contributed by atoms with E-state index in [0.29, 0.717) is 39.1 Å². The van der Waals surface area contributed by atoms with Gasteiger partial charge in [0, 0.05) is 0 Å². The van der Waals surface area contributed by atoms with E-state index in [2.05, 4.69) is 0 Å². The van der Waals surface area contributed by atoms with E-state index >= 15 is 0 Å². The van der Waals surface area contributed by atoms with Gasteiger partial charge in [0.1, 0.15) is 0 Å². The fraction of sp³-hybridized carbons (Fsp3) is 0.750. The summed E-state index contributed by atoms with van der Waals surface area (Å²) in [5.41, 5.74) is 10.0. The van der Waals surface area contributed by atoms with Crippen LogP contribution in [0.4, 0.5) is 0 Å². The molecule has 2 amide bonds. The van der Waals surface area contributed by atoms with Crippen molar-refractivity contribution in [1.29, 1.82) is 0 Å². The molecule has 0 heterocycles. The molecule has 4 N–H and O–H groups in total. The minimum atomic E-state index is -0.206. The molecule has 0 aliphatic carbocycles. The van der Waals surface area contributed by atoms with Crippen molar-refractivity contribution >= 4 is 38.1 Å². The Labute approximate surface area is 95.4 Å². The Morgan fingerprint density at radius 3 is 1.50 bits per heavy atom. The summed E-state index contributed by atoms with van der Waals surface area (Å²) < 4.78 is 0. The fourth-order valence-electron chi connectivity index (χ4n) is 0.729. The van der Waals surface area contributed by atoms with Crippen LogP contribution >= 0.6 is 0 Å². The van der Waals surface area contributed by atoms with Crippen molar-refractivity contribution in [3.63, 3.8) is 0 Å². The molecule has 0 aromatic heterocycles.